The summed E-state index contributed by atoms with van der Waals surface area (Å²) in [5.41, 5.74) is 6.35. The largest absolute Gasteiger partial charge is 0.361 e. The van der Waals surface area contributed by atoms with E-state index < -0.39 is 0 Å². The van der Waals surface area contributed by atoms with Gasteiger partial charge in [-0.05, 0) is 38.0 Å². The highest BCUT2D eigenvalue weighted by molar-refractivity contribution is 5.65. The Morgan fingerprint density at radius 3 is 2.61 bits per heavy atom. The Hall–Kier alpha value is -2.49. The van der Waals surface area contributed by atoms with Gasteiger partial charge < -0.3 is 4.52 Å². The van der Waals surface area contributed by atoms with Crippen molar-refractivity contribution in [3.05, 3.63) is 64.9 Å². The number of aromatic nitrogens is 3. The van der Waals surface area contributed by atoms with Crippen molar-refractivity contribution in [3.8, 4) is 11.3 Å². The highest BCUT2D eigenvalue weighted by Gasteiger charge is 2.50. The Balaban J connectivity index is 1.55. The summed E-state index contributed by atoms with van der Waals surface area (Å²) in [7, 11) is 0. The first kappa shape index (κ1) is 19.2. The first-order valence-corrected chi connectivity index (χ1v) is 12.1. The van der Waals surface area contributed by atoms with Crippen LogP contribution in [-0.2, 0) is 18.3 Å². The number of rotatable bonds is 2. The lowest BCUT2D eigenvalue weighted by Gasteiger charge is -2.47. The van der Waals surface area contributed by atoms with E-state index in [1.807, 2.05) is 6.20 Å². The van der Waals surface area contributed by atoms with Gasteiger partial charge in [-0.2, -0.15) is 0 Å². The molecule has 0 saturated heterocycles. The average molecular weight is 414 g/mol. The van der Waals surface area contributed by atoms with Crippen LogP contribution in [0.2, 0.25) is 0 Å². The van der Waals surface area contributed by atoms with Gasteiger partial charge in [0.1, 0.15) is 11.6 Å². The Morgan fingerprint density at radius 1 is 1.00 bits per heavy atom. The van der Waals surface area contributed by atoms with Crippen molar-refractivity contribution in [1.82, 2.24) is 15.1 Å². The lowest BCUT2D eigenvalue weighted by molar-refractivity contribution is 0.171. The van der Waals surface area contributed by atoms with Crippen molar-refractivity contribution in [1.29, 1.82) is 0 Å². The molecule has 0 N–H and O–H groups in total. The van der Waals surface area contributed by atoms with E-state index in [1.165, 1.54) is 60.2 Å². The van der Waals surface area contributed by atoms with Gasteiger partial charge in [-0.3, -0.25) is 0 Å². The van der Waals surface area contributed by atoms with Gasteiger partial charge in [-0.1, -0.05) is 68.6 Å². The Kier molecular flexibility index (Phi) is 4.52. The van der Waals surface area contributed by atoms with Crippen LogP contribution >= 0.6 is 0 Å². The van der Waals surface area contributed by atoms with Crippen molar-refractivity contribution in [2.45, 2.75) is 82.5 Å². The van der Waals surface area contributed by atoms with Gasteiger partial charge in [0.05, 0.1) is 17.6 Å². The smallest absolute Gasteiger partial charge is 0.143 e. The van der Waals surface area contributed by atoms with Crippen molar-refractivity contribution in [3.63, 3.8) is 0 Å². The lowest BCUT2D eigenvalue weighted by atomic mass is 9.56. The molecule has 4 nitrogen and oxygen atoms in total. The van der Waals surface area contributed by atoms with E-state index in [4.69, 9.17) is 14.5 Å². The van der Waals surface area contributed by atoms with Crippen molar-refractivity contribution in [2.75, 3.05) is 0 Å². The molecule has 0 bridgehead atoms. The molecule has 1 saturated carbocycles. The minimum Gasteiger partial charge on any atom is -0.361 e. The maximum absolute atomic E-state index is 5.68. The summed E-state index contributed by atoms with van der Waals surface area (Å²) in [5.74, 6) is 3.58. The molecule has 1 aromatic carbocycles. The standard InChI is InChI=1S/C27H31N3O/c1-17-22-14-13-21-23(18-9-5-3-6-10-18)29-26(19-11-7-4-8-12-19)30-25(21)27(22,2)15-20-16-28-31-24(17)20/h3,5-6,9-10,16-17,19,22H,4,7-8,11-15H2,1-2H3/t17-,22-,27-/m1/s1. The number of benzene rings is 1. The van der Waals surface area contributed by atoms with E-state index in [0.717, 1.165) is 30.8 Å². The Labute approximate surface area is 184 Å². The molecule has 0 amide bonds. The summed E-state index contributed by atoms with van der Waals surface area (Å²) in [4.78, 5) is 10.7. The fourth-order valence-corrected chi connectivity index (χ4v) is 6.75. The van der Waals surface area contributed by atoms with E-state index in [9.17, 15) is 0 Å². The third kappa shape index (κ3) is 2.98. The zero-order valence-corrected chi connectivity index (χ0v) is 18.6. The predicted octanol–water partition coefficient (Wildman–Crippen LogP) is 6.36. The topological polar surface area (TPSA) is 51.8 Å². The molecule has 3 aromatic rings. The third-order valence-electron chi connectivity index (χ3n) is 8.36. The van der Waals surface area contributed by atoms with Gasteiger partial charge in [0.2, 0.25) is 0 Å². The monoisotopic (exact) mass is 413 g/mol. The van der Waals surface area contributed by atoms with Crippen molar-refractivity contribution in [2.24, 2.45) is 5.92 Å². The molecule has 1 fully saturated rings. The van der Waals surface area contributed by atoms with Crippen molar-refractivity contribution < 1.29 is 4.52 Å². The maximum Gasteiger partial charge on any atom is 0.143 e. The summed E-state index contributed by atoms with van der Waals surface area (Å²) in [6.45, 7) is 4.76. The van der Waals surface area contributed by atoms with Crippen LogP contribution in [-0.4, -0.2) is 15.1 Å². The van der Waals surface area contributed by atoms with E-state index >= 15 is 0 Å². The molecular weight excluding hydrogens is 382 g/mol. The van der Waals surface area contributed by atoms with Gasteiger partial charge >= 0.3 is 0 Å². The van der Waals surface area contributed by atoms with Crippen LogP contribution in [0.1, 0.15) is 92.6 Å². The van der Waals surface area contributed by atoms with Gasteiger partial charge in [0, 0.05) is 33.9 Å². The molecule has 0 radical (unpaired) electrons. The van der Waals surface area contributed by atoms with Gasteiger partial charge in [-0.15, -0.1) is 0 Å². The molecule has 0 aliphatic heterocycles. The second kappa shape index (κ2) is 7.29. The van der Waals surface area contributed by atoms with E-state index in [2.05, 4.69) is 49.3 Å². The normalized spacial score (nSPS) is 27.9. The molecule has 31 heavy (non-hydrogen) atoms. The lowest BCUT2D eigenvalue weighted by Crippen LogP contribution is -2.45. The molecule has 0 spiro atoms. The fourth-order valence-electron chi connectivity index (χ4n) is 6.75. The summed E-state index contributed by atoms with van der Waals surface area (Å²) in [6, 6.07) is 10.8. The van der Waals surface area contributed by atoms with Crippen LogP contribution in [0, 0.1) is 5.92 Å². The predicted molar refractivity (Wildman–Crippen MR) is 121 cm³/mol. The molecule has 2 heterocycles. The number of hydrogen-bond acceptors (Lipinski definition) is 4. The summed E-state index contributed by atoms with van der Waals surface area (Å²) < 4.78 is 5.68. The van der Waals surface area contributed by atoms with Crippen LogP contribution in [0.4, 0.5) is 0 Å². The van der Waals surface area contributed by atoms with Crippen molar-refractivity contribution >= 4 is 0 Å². The van der Waals surface area contributed by atoms with Crippen LogP contribution < -0.4 is 0 Å². The van der Waals surface area contributed by atoms with Crippen LogP contribution in [0.25, 0.3) is 11.3 Å². The zero-order valence-electron chi connectivity index (χ0n) is 18.6. The van der Waals surface area contributed by atoms with Gasteiger partial charge in [-0.25, -0.2) is 9.97 Å². The molecule has 3 atom stereocenters. The minimum atomic E-state index is 0.00143. The second-order valence-electron chi connectivity index (χ2n) is 10.2. The minimum absolute atomic E-state index is 0.00143. The quantitative estimate of drug-likeness (QED) is 0.490. The second-order valence-corrected chi connectivity index (χ2v) is 10.2. The molecule has 3 aliphatic rings. The summed E-state index contributed by atoms with van der Waals surface area (Å²) in [5, 5.41) is 4.15. The van der Waals surface area contributed by atoms with Gasteiger partial charge in [0.15, 0.2) is 0 Å². The summed E-state index contributed by atoms with van der Waals surface area (Å²) in [6.07, 6.45) is 11.5. The molecule has 6 rings (SSSR count). The van der Waals surface area contributed by atoms with Crippen LogP contribution in [0.5, 0.6) is 0 Å². The fraction of sp³-hybridized carbons (Fsp3) is 0.519. The third-order valence-corrected chi connectivity index (χ3v) is 8.36. The molecule has 0 unspecified atom stereocenters. The molecule has 3 aliphatic carbocycles. The first-order valence-electron chi connectivity index (χ1n) is 12.1. The molecular formula is C27H31N3O. The molecule has 2 aromatic heterocycles. The maximum atomic E-state index is 5.68. The molecule has 160 valence electrons. The first-order chi connectivity index (χ1) is 15.1. The van der Waals surface area contributed by atoms with E-state index in [0.29, 0.717) is 17.8 Å². The summed E-state index contributed by atoms with van der Waals surface area (Å²) >= 11 is 0. The van der Waals surface area contributed by atoms with Crippen LogP contribution in [0.3, 0.4) is 0 Å². The van der Waals surface area contributed by atoms with E-state index in [1.54, 1.807) is 0 Å². The number of fused-ring (bicyclic) bond motifs is 4. The Morgan fingerprint density at radius 2 is 1.81 bits per heavy atom. The highest BCUT2D eigenvalue weighted by atomic mass is 16.5. The SMILES string of the molecule is C[C@H]1c2oncc2C[C@@]2(C)c3nc(C4CCCCC4)nc(-c4ccccc4)c3CC[C@H]12. The van der Waals surface area contributed by atoms with E-state index in [-0.39, 0.29) is 5.41 Å². The number of hydrogen-bond donors (Lipinski definition) is 0. The average Bonchev–Trinajstić information content (AvgIpc) is 3.28. The van der Waals surface area contributed by atoms with Crippen LogP contribution in [0.15, 0.2) is 41.1 Å². The number of nitrogens with zero attached hydrogens (tertiary/aromatic N) is 3. The molecule has 4 heteroatoms. The van der Waals surface area contributed by atoms with Gasteiger partial charge in [0.25, 0.3) is 0 Å². The highest BCUT2D eigenvalue weighted by Crippen LogP contribution is 2.54. The zero-order chi connectivity index (χ0) is 21.0. The Bertz CT molecular complexity index is 1100.